The van der Waals surface area contributed by atoms with Gasteiger partial charge in [-0.1, -0.05) is 6.07 Å². The summed E-state index contributed by atoms with van der Waals surface area (Å²) in [5.41, 5.74) is 2.90. The van der Waals surface area contributed by atoms with Gasteiger partial charge in [0.05, 0.1) is 5.56 Å². The summed E-state index contributed by atoms with van der Waals surface area (Å²) in [4.78, 5) is 36.1. The van der Waals surface area contributed by atoms with Crippen LogP contribution in [-0.2, 0) is 22.4 Å². The molecule has 1 heterocycles. The second-order valence-corrected chi connectivity index (χ2v) is 5.19. The first-order chi connectivity index (χ1) is 10.1. The molecule has 1 fully saturated rings. The Morgan fingerprint density at radius 1 is 1.24 bits per heavy atom. The fourth-order valence-corrected chi connectivity index (χ4v) is 2.70. The maximum Gasteiger partial charge on any atom is 0.338 e. The number of hydrogen-bond acceptors (Lipinski definition) is 4. The Balaban J connectivity index is 1.59. The molecule has 0 bridgehead atoms. The number of imide groups is 1. The highest BCUT2D eigenvalue weighted by Crippen LogP contribution is 2.23. The molecule has 110 valence electrons. The molecule has 1 N–H and O–H groups in total. The minimum Gasteiger partial charge on any atom is -0.452 e. The van der Waals surface area contributed by atoms with E-state index in [1.165, 1.54) is 11.1 Å². The lowest BCUT2D eigenvalue weighted by molar-refractivity contribution is -0.130. The Morgan fingerprint density at radius 2 is 2.05 bits per heavy atom. The fourth-order valence-electron chi connectivity index (χ4n) is 2.70. The number of nitrogens with zero attached hydrogens (tertiary/aromatic N) is 1. The third kappa shape index (κ3) is 2.74. The first-order valence-electron chi connectivity index (χ1n) is 7.02. The summed E-state index contributed by atoms with van der Waals surface area (Å²) in [7, 11) is 0. The van der Waals surface area contributed by atoms with E-state index in [1.807, 2.05) is 12.1 Å². The molecule has 0 atom stereocenters. The van der Waals surface area contributed by atoms with E-state index in [-0.39, 0.29) is 0 Å². The van der Waals surface area contributed by atoms with Gasteiger partial charge in [-0.3, -0.25) is 9.69 Å². The zero-order chi connectivity index (χ0) is 14.8. The van der Waals surface area contributed by atoms with Crippen LogP contribution in [0.4, 0.5) is 4.79 Å². The van der Waals surface area contributed by atoms with E-state index in [1.54, 1.807) is 6.07 Å². The van der Waals surface area contributed by atoms with Gasteiger partial charge in [-0.05, 0) is 42.5 Å². The Bertz CT molecular complexity index is 612. The van der Waals surface area contributed by atoms with Crippen molar-refractivity contribution in [2.45, 2.75) is 19.3 Å². The maximum atomic E-state index is 12.0. The quantitative estimate of drug-likeness (QED) is 0.838. The van der Waals surface area contributed by atoms with Crippen LogP contribution in [0, 0.1) is 0 Å². The molecule has 21 heavy (non-hydrogen) atoms. The zero-order valence-electron chi connectivity index (χ0n) is 11.6. The minimum absolute atomic E-state index is 0.314. The molecule has 1 aliphatic heterocycles. The van der Waals surface area contributed by atoms with Gasteiger partial charge >= 0.3 is 12.0 Å². The fraction of sp³-hybridized carbons (Fsp3) is 0.400. The van der Waals surface area contributed by atoms with Crippen molar-refractivity contribution < 1.29 is 19.1 Å². The van der Waals surface area contributed by atoms with Crippen LogP contribution in [0.5, 0.6) is 0 Å². The van der Waals surface area contributed by atoms with Crippen molar-refractivity contribution >= 4 is 17.9 Å². The van der Waals surface area contributed by atoms with Crippen LogP contribution in [0.3, 0.4) is 0 Å². The largest absolute Gasteiger partial charge is 0.452 e. The number of ether oxygens (including phenoxy) is 1. The number of carbonyl (C=O) groups is 3. The number of amides is 3. The Morgan fingerprint density at radius 3 is 2.81 bits per heavy atom. The first-order valence-corrected chi connectivity index (χ1v) is 7.02. The summed E-state index contributed by atoms with van der Waals surface area (Å²) in [6, 6.07) is 5.06. The standard InChI is InChI=1S/C15H16N2O4/c18-13(17-7-6-16-15(17)20)9-21-14(19)12-5-4-10-2-1-3-11(10)8-12/h4-5,8H,1-3,6-7,9H2,(H,16,20). The zero-order valence-corrected chi connectivity index (χ0v) is 11.6. The maximum absolute atomic E-state index is 12.0. The third-order valence-electron chi connectivity index (χ3n) is 3.82. The summed E-state index contributed by atoms with van der Waals surface area (Å²) in [6.45, 7) is 0.334. The van der Waals surface area contributed by atoms with Crippen LogP contribution in [-0.4, -0.2) is 42.5 Å². The Labute approximate surface area is 122 Å². The van der Waals surface area contributed by atoms with Crippen LogP contribution in [0.1, 0.15) is 27.9 Å². The number of fused-ring (bicyclic) bond motifs is 1. The van der Waals surface area contributed by atoms with Gasteiger partial charge in [0, 0.05) is 13.1 Å². The topological polar surface area (TPSA) is 75.7 Å². The average Bonchev–Trinajstić information content (AvgIpc) is 3.11. The van der Waals surface area contributed by atoms with Gasteiger partial charge in [0.1, 0.15) is 0 Å². The van der Waals surface area contributed by atoms with E-state index in [0.29, 0.717) is 18.7 Å². The summed E-state index contributed by atoms with van der Waals surface area (Å²) in [5, 5.41) is 2.52. The van der Waals surface area contributed by atoms with E-state index in [2.05, 4.69) is 5.32 Å². The smallest absolute Gasteiger partial charge is 0.338 e. The van der Waals surface area contributed by atoms with Crippen LogP contribution >= 0.6 is 0 Å². The first kappa shape index (κ1) is 13.6. The highest BCUT2D eigenvalue weighted by molar-refractivity contribution is 5.98. The van der Waals surface area contributed by atoms with Gasteiger partial charge < -0.3 is 10.1 Å². The predicted molar refractivity (Wildman–Crippen MR) is 73.9 cm³/mol. The highest BCUT2D eigenvalue weighted by atomic mass is 16.5. The molecule has 0 radical (unpaired) electrons. The lowest BCUT2D eigenvalue weighted by Crippen LogP contribution is -2.37. The number of urea groups is 1. The number of carbonyl (C=O) groups excluding carboxylic acids is 3. The second-order valence-electron chi connectivity index (χ2n) is 5.19. The summed E-state index contributed by atoms with van der Waals surface area (Å²) < 4.78 is 5.00. The number of nitrogens with one attached hydrogen (secondary N) is 1. The van der Waals surface area contributed by atoms with E-state index < -0.39 is 24.5 Å². The molecule has 1 saturated heterocycles. The van der Waals surface area contributed by atoms with Crippen LogP contribution in [0.2, 0.25) is 0 Å². The van der Waals surface area contributed by atoms with Crippen molar-refractivity contribution in [2.24, 2.45) is 0 Å². The SMILES string of the molecule is O=C(OCC(=O)N1CCNC1=O)c1ccc2c(c1)CCC2. The van der Waals surface area contributed by atoms with Crippen molar-refractivity contribution in [3.8, 4) is 0 Å². The average molecular weight is 288 g/mol. The van der Waals surface area contributed by atoms with Crippen LogP contribution in [0.25, 0.3) is 0 Å². The molecule has 1 aromatic carbocycles. The van der Waals surface area contributed by atoms with Crippen molar-refractivity contribution in [2.75, 3.05) is 19.7 Å². The van der Waals surface area contributed by atoms with E-state index in [9.17, 15) is 14.4 Å². The van der Waals surface area contributed by atoms with Gasteiger partial charge in [0.2, 0.25) is 0 Å². The molecule has 0 saturated carbocycles. The van der Waals surface area contributed by atoms with Crippen molar-refractivity contribution in [3.63, 3.8) is 0 Å². The third-order valence-corrected chi connectivity index (χ3v) is 3.82. The van der Waals surface area contributed by atoms with Gasteiger partial charge in [0.15, 0.2) is 6.61 Å². The number of aryl methyl sites for hydroxylation is 2. The molecular formula is C15H16N2O4. The van der Waals surface area contributed by atoms with Crippen molar-refractivity contribution in [1.82, 2.24) is 10.2 Å². The molecule has 6 nitrogen and oxygen atoms in total. The van der Waals surface area contributed by atoms with E-state index in [4.69, 9.17) is 4.74 Å². The highest BCUT2D eigenvalue weighted by Gasteiger charge is 2.27. The molecule has 0 aromatic heterocycles. The number of benzene rings is 1. The molecule has 2 aliphatic rings. The Kier molecular flexibility index (Phi) is 3.60. The lowest BCUT2D eigenvalue weighted by atomic mass is 10.1. The molecule has 0 spiro atoms. The number of rotatable bonds is 3. The van der Waals surface area contributed by atoms with E-state index >= 15 is 0 Å². The van der Waals surface area contributed by atoms with Crippen LogP contribution < -0.4 is 5.32 Å². The molecule has 3 rings (SSSR count). The summed E-state index contributed by atoms with van der Waals surface area (Å²) in [5.74, 6) is -1.03. The molecule has 0 unspecified atom stereocenters. The lowest BCUT2D eigenvalue weighted by Gasteiger charge is -2.12. The van der Waals surface area contributed by atoms with Crippen LogP contribution in [0.15, 0.2) is 18.2 Å². The summed E-state index contributed by atoms with van der Waals surface area (Å²) >= 11 is 0. The van der Waals surface area contributed by atoms with Crippen molar-refractivity contribution in [1.29, 1.82) is 0 Å². The van der Waals surface area contributed by atoms with Gasteiger partial charge in [0.25, 0.3) is 5.91 Å². The Hall–Kier alpha value is -2.37. The molecule has 1 aromatic rings. The van der Waals surface area contributed by atoms with Gasteiger partial charge in [-0.25, -0.2) is 9.59 Å². The molecule has 6 heteroatoms. The van der Waals surface area contributed by atoms with E-state index in [0.717, 1.165) is 24.2 Å². The minimum atomic E-state index is -0.530. The predicted octanol–water partition coefficient (Wildman–Crippen LogP) is 0.884. The van der Waals surface area contributed by atoms with Gasteiger partial charge in [-0.2, -0.15) is 0 Å². The number of esters is 1. The van der Waals surface area contributed by atoms with Gasteiger partial charge in [-0.15, -0.1) is 0 Å². The summed E-state index contributed by atoms with van der Waals surface area (Å²) in [6.07, 6.45) is 3.13. The molecule has 3 amide bonds. The molecular weight excluding hydrogens is 272 g/mol. The normalized spacial score (nSPS) is 16.6. The monoisotopic (exact) mass is 288 g/mol. The number of hydrogen-bond donors (Lipinski definition) is 1. The second kappa shape index (κ2) is 5.55. The van der Waals surface area contributed by atoms with Crippen molar-refractivity contribution in [3.05, 3.63) is 34.9 Å². The molecule has 1 aliphatic carbocycles.